The number of benzene rings is 2. The standard InChI is InChI=1S/C23H22F6N2O2/c1-15(7-9-32-18-5-3-16(13-30)20(11-18)22(24,25)26)8-10-33-19-6-4-17(14-31-2)21(12-19)23(27,28)29/h3-6,11-12,14-15H,7-10H2,1-2H3. The Hall–Kier alpha value is -3.22. The zero-order valence-corrected chi connectivity index (χ0v) is 17.9. The van der Waals surface area contributed by atoms with Crippen molar-refractivity contribution in [1.29, 1.82) is 5.26 Å². The molecule has 178 valence electrons. The minimum Gasteiger partial charge on any atom is -0.494 e. The fourth-order valence-electron chi connectivity index (χ4n) is 2.97. The molecule has 1 unspecified atom stereocenters. The molecule has 0 aromatic heterocycles. The topological polar surface area (TPSA) is 54.6 Å². The average molecular weight is 472 g/mol. The Morgan fingerprint density at radius 2 is 1.42 bits per heavy atom. The molecule has 0 saturated heterocycles. The van der Waals surface area contributed by atoms with Gasteiger partial charge in [0.05, 0.1) is 36.0 Å². The van der Waals surface area contributed by atoms with Gasteiger partial charge in [0.25, 0.3) is 0 Å². The number of hydrogen-bond donors (Lipinski definition) is 0. The van der Waals surface area contributed by atoms with Crippen LogP contribution in [0.5, 0.6) is 11.5 Å². The molecule has 10 heteroatoms. The molecule has 1 atom stereocenters. The zero-order valence-electron chi connectivity index (χ0n) is 17.9. The molecule has 0 saturated carbocycles. The van der Waals surface area contributed by atoms with Gasteiger partial charge in [-0.05, 0) is 55.2 Å². The third-order valence-corrected chi connectivity index (χ3v) is 4.77. The molecule has 0 fully saturated rings. The van der Waals surface area contributed by atoms with Crippen molar-refractivity contribution >= 4 is 6.21 Å². The van der Waals surface area contributed by atoms with Crippen LogP contribution < -0.4 is 9.47 Å². The predicted octanol–water partition coefficient (Wildman–Crippen LogP) is 6.52. The summed E-state index contributed by atoms with van der Waals surface area (Å²) in [7, 11) is 1.38. The Kier molecular flexibility index (Phi) is 8.74. The van der Waals surface area contributed by atoms with Crippen LogP contribution in [0.1, 0.15) is 42.0 Å². The van der Waals surface area contributed by atoms with E-state index in [1.165, 1.54) is 31.3 Å². The largest absolute Gasteiger partial charge is 0.494 e. The molecule has 0 aliphatic carbocycles. The van der Waals surface area contributed by atoms with E-state index in [4.69, 9.17) is 14.7 Å². The summed E-state index contributed by atoms with van der Waals surface area (Å²) in [6.07, 6.45) is -7.09. The van der Waals surface area contributed by atoms with Gasteiger partial charge in [-0.15, -0.1) is 0 Å². The Morgan fingerprint density at radius 3 is 1.91 bits per heavy atom. The second-order valence-corrected chi connectivity index (χ2v) is 7.33. The lowest BCUT2D eigenvalue weighted by Crippen LogP contribution is -2.11. The van der Waals surface area contributed by atoms with Crippen molar-refractivity contribution in [3.05, 3.63) is 58.7 Å². The lowest BCUT2D eigenvalue weighted by Gasteiger charge is -2.16. The molecule has 2 aromatic rings. The minimum atomic E-state index is -4.66. The first-order valence-electron chi connectivity index (χ1n) is 9.96. The Balaban J connectivity index is 1.86. The molecular weight excluding hydrogens is 450 g/mol. The third kappa shape index (κ3) is 7.70. The van der Waals surface area contributed by atoms with Gasteiger partial charge in [-0.3, -0.25) is 4.99 Å². The molecule has 0 radical (unpaired) electrons. The van der Waals surface area contributed by atoms with Gasteiger partial charge in [0.2, 0.25) is 0 Å². The number of aliphatic imine (C=N–C) groups is 1. The third-order valence-electron chi connectivity index (χ3n) is 4.77. The van der Waals surface area contributed by atoms with Crippen LogP contribution >= 0.6 is 0 Å². The van der Waals surface area contributed by atoms with Crippen LogP contribution in [-0.2, 0) is 12.4 Å². The van der Waals surface area contributed by atoms with Crippen molar-refractivity contribution in [1.82, 2.24) is 0 Å². The Morgan fingerprint density at radius 1 is 0.909 bits per heavy atom. The van der Waals surface area contributed by atoms with E-state index < -0.39 is 29.0 Å². The van der Waals surface area contributed by atoms with Crippen LogP contribution in [0.4, 0.5) is 26.3 Å². The van der Waals surface area contributed by atoms with E-state index in [1.54, 1.807) is 0 Å². The number of nitrogens with zero attached hydrogens (tertiary/aromatic N) is 2. The monoisotopic (exact) mass is 472 g/mol. The van der Waals surface area contributed by atoms with Gasteiger partial charge >= 0.3 is 12.4 Å². The number of rotatable bonds is 9. The van der Waals surface area contributed by atoms with E-state index in [0.29, 0.717) is 12.8 Å². The van der Waals surface area contributed by atoms with Gasteiger partial charge in [-0.25, -0.2) is 0 Å². The number of halogens is 6. The van der Waals surface area contributed by atoms with Gasteiger partial charge in [0.15, 0.2) is 0 Å². The molecular formula is C23H22F6N2O2. The maximum Gasteiger partial charge on any atom is 0.417 e. The lowest BCUT2D eigenvalue weighted by atomic mass is 10.1. The van der Waals surface area contributed by atoms with Crippen LogP contribution in [0.3, 0.4) is 0 Å². The van der Waals surface area contributed by atoms with Crippen molar-refractivity contribution < 1.29 is 35.8 Å². The second kappa shape index (κ2) is 11.1. The van der Waals surface area contributed by atoms with E-state index >= 15 is 0 Å². The molecule has 0 N–H and O–H groups in total. The highest BCUT2D eigenvalue weighted by molar-refractivity contribution is 5.82. The summed E-state index contributed by atoms with van der Waals surface area (Å²) in [5, 5.41) is 8.81. The molecule has 0 spiro atoms. The molecule has 2 rings (SSSR count). The number of alkyl halides is 6. The number of hydrogen-bond acceptors (Lipinski definition) is 4. The second-order valence-electron chi connectivity index (χ2n) is 7.33. The van der Waals surface area contributed by atoms with Crippen molar-refractivity contribution in [3.63, 3.8) is 0 Å². The number of ether oxygens (including phenoxy) is 2. The van der Waals surface area contributed by atoms with Crippen LogP contribution in [0.2, 0.25) is 0 Å². The van der Waals surface area contributed by atoms with Crippen molar-refractivity contribution in [2.45, 2.75) is 32.1 Å². The highest BCUT2D eigenvalue weighted by Gasteiger charge is 2.34. The molecule has 4 nitrogen and oxygen atoms in total. The maximum absolute atomic E-state index is 13.2. The van der Waals surface area contributed by atoms with Gasteiger partial charge in [0.1, 0.15) is 11.5 Å². The van der Waals surface area contributed by atoms with Gasteiger partial charge in [-0.1, -0.05) is 6.92 Å². The fourth-order valence-corrected chi connectivity index (χ4v) is 2.97. The molecule has 2 aromatic carbocycles. The van der Waals surface area contributed by atoms with Crippen molar-refractivity contribution in [2.75, 3.05) is 20.3 Å². The fraction of sp³-hybridized carbons (Fsp3) is 0.391. The highest BCUT2D eigenvalue weighted by Crippen LogP contribution is 2.35. The normalized spacial score (nSPS) is 13.1. The van der Waals surface area contributed by atoms with Gasteiger partial charge in [0, 0.05) is 18.8 Å². The smallest absolute Gasteiger partial charge is 0.417 e. The minimum absolute atomic E-state index is 0.000151. The quantitative estimate of drug-likeness (QED) is 0.309. The Bertz CT molecular complexity index is 1010. The van der Waals surface area contributed by atoms with E-state index in [2.05, 4.69) is 4.99 Å². The summed E-state index contributed by atoms with van der Waals surface area (Å²) < 4.78 is 89.5. The first-order valence-corrected chi connectivity index (χ1v) is 9.96. The maximum atomic E-state index is 13.2. The lowest BCUT2D eigenvalue weighted by molar-refractivity contribution is -0.138. The van der Waals surface area contributed by atoms with Gasteiger partial charge < -0.3 is 9.47 Å². The van der Waals surface area contributed by atoms with Crippen LogP contribution in [0.15, 0.2) is 41.4 Å². The molecule has 0 bridgehead atoms. The summed E-state index contributed by atoms with van der Waals surface area (Å²) in [5.74, 6) is 0.121. The van der Waals surface area contributed by atoms with E-state index in [-0.39, 0.29) is 36.2 Å². The van der Waals surface area contributed by atoms with Crippen molar-refractivity contribution in [2.24, 2.45) is 10.9 Å². The van der Waals surface area contributed by atoms with E-state index in [1.807, 2.05) is 6.92 Å². The summed E-state index contributed by atoms with van der Waals surface area (Å²) in [5.41, 5.74) is -2.44. The van der Waals surface area contributed by atoms with Crippen LogP contribution in [0.25, 0.3) is 0 Å². The zero-order chi connectivity index (χ0) is 24.6. The highest BCUT2D eigenvalue weighted by atomic mass is 19.4. The molecule has 0 heterocycles. The molecule has 0 aliphatic rings. The van der Waals surface area contributed by atoms with Crippen LogP contribution in [0, 0.1) is 17.2 Å². The van der Waals surface area contributed by atoms with Crippen molar-refractivity contribution in [3.8, 4) is 17.6 Å². The van der Waals surface area contributed by atoms with E-state index in [0.717, 1.165) is 24.4 Å². The first-order chi connectivity index (χ1) is 15.5. The summed E-state index contributed by atoms with van der Waals surface area (Å²) in [6, 6.07) is 8.29. The van der Waals surface area contributed by atoms with E-state index in [9.17, 15) is 26.3 Å². The summed E-state index contributed by atoms with van der Waals surface area (Å²) in [6.45, 7) is 2.16. The predicted molar refractivity (Wildman–Crippen MR) is 111 cm³/mol. The van der Waals surface area contributed by atoms with Gasteiger partial charge in [-0.2, -0.15) is 31.6 Å². The molecule has 33 heavy (non-hydrogen) atoms. The molecule has 0 aliphatic heterocycles. The summed E-state index contributed by atoms with van der Waals surface area (Å²) >= 11 is 0. The number of nitriles is 1. The first kappa shape index (κ1) is 26.0. The van der Waals surface area contributed by atoms with Crippen LogP contribution in [-0.4, -0.2) is 26.5 Å². The molecule has 0 amide bonds. The Labute approximate surface area is 187 Å². The summed E-state index contributed by atoms with van der Waals surface area (Å²) in [4.78, 5) is 3.62. The average Bonchev–Trinajstić information content (AvgIpc) is 2.73. The SMILES string of the molecule is CN=Cc1ccc(OCCC(C)CCOc2ccc(C#N)c(C(F)(F)F)c2)cc1C(F)(F)F.